The molecular weight excluding hydrogens is 364 g/mol. The summed E-state index contributed by atoms with van der Waals surface area (Å²) >= 11 is 1.37. The fourth-order valence-electron chi connectivity index (χ4n) is 2.46. The molecule has 1 heterocycles. The molecule has 1 amide bonds. The number of carbonyl (C=O) groups excluding carboxylic acids is 2. The molecule has 2 aromatic carbocycles. The van der Waals surface area contributed by atoms with Crippen molar-refractivity contribution >= 4 is 28.7 Å². The number of Topliss-reactive ketones (excluding diaryl/α,β-unsaturated/α-hetero) is 1. The Morgan fingerprint density at radius 1 is 1.00 bits per heavy atom. The van der Waals surface area contributed by atoms with Crippen molar-refractivity contribution in [3.8, 4) is 22.1 Å². The highest BCUT2D eigenvalue weighted by molar-refractivity contribution is 7.13. The molecular formula is C20H18N2O4S. The third-order valence-corrected chi connectivity index (χ3v) is 4.81. The van der Waals surface area contributed by atoms with Crippen LogP contribution < -0.4 is 14.8 Å². The van der Waals surface area contributed by atoms with Gasteiger partial charge in [0.1, 0.15) is 10.7 Å². The number of methoxy groups -OCH3 is 2. The fraction of sp³-hybridized carbons (Fsp3) is 0.150. The molecule has 3 rings (SSSR count). The summed E-state index contributed by atoms with van der Waals surface area (Å²) in [4.78, 5) is 28.1. The minimum Gasteiger partial charge on any atom is -0.493 e. The minimum atomic E-state index is -0.312. The van der Waals surface area contributed by atoms with E-state index in [9.17, 15) is 9.59 Å². The van der Waals surface area contributed by atoms with E-state index in [2.05, 4.69) is 10.3 Å². The number of hydrogen-bond donors (Lipinski definition) is 1. The maximum absolute atomic E-state index is 12.4. The van der Waals surface area contributed by atoms with Gasteiger partial charge in [0.25, 0.3) is 5.91 Å². The Hall–Kier alpha value is -3.19. The number of benzene rings is 2. The Morgan fingerprint density at radius 3 is 2.33 bits per heavy atom. The molecule has 0 atom stereocenters. The van der Waals surface area contributed by atoms with E-state index < -0.39 is 0 Å². The largest absolute Gasteiger partial charge is 0.493 e. The Bertz CT molecular complexity index is 980. The Morgan fingerprint density at radius 2 is 1.70 bits per heavy atom. The maximum Gasteiger partial charge on any atom is 0.275 e. The number of nitrogens with zero attached hydrogens (tertiary/aromatic N) is 1. The Kier molecular flexibility index (Phi) is 5.52. The molecule has 0 aliphatic carbocycles. The van der Waals surface area contributed by atoms with Crippen molar-refractivity contribution in [2.45, 2.75) is 6.92 Å². The fourth-order valence-corrected chi connectivity index (χ4v) is 3.26. The van der Waals surface area contributed by atoms with Gasteiger partial charge in [0.2, 0.25) is 0 Å². The molecule has 6 nitrogen and oxygen atoms in total. The monoisotopic (exact) mass is 382 g/mol. The maximum atomic E-state index is 12.4. The first-order valence-electron chi connectivity index (χ1n) is 8.12. The van der Waals surface area contributed by atoms with Crippen LogP contribution >= 0.6 is 11.3 Å². The van der Waals surface area contributed by atoms with Crippen molar-refractivity contribution in [1.29, 1.82) is 0 Å². The summed E-state index contributed by atoms with van der Waals surface area (Å²) in [6.07, 6.45) is 0. The molecule has 0 bridgehead atoms. The molecule has 27 heavy (non-hydrogen) atoms. The van der Waals surface area contributed by atoms with Crippen molar-refractivity contribution < 1.29 is 19.1 Å². The van der Waals surface area contributed by atoms with E-state index in [1.165, 1.54) is 18.3 Å². The average Bonchev–Trinajstić information content (AvgIpc) is 3.18. The highest BCUT2D eigenvalue weighted by Crippen LogP contribution is 2.33. The van der Waals surface area contributed by atoms with Crippen LogP contribution in [0.4, 0.5) is 5.69 Å². The van der Waals surface area contributed by atoms with Gasteiger partial charge >= 0.3 is 0 Å². The number of rotatable bonds is 6. The number of ketones is 1. The quantitative estimate of drug-likeness (QED) is 0.644. The molecule has 0 fully saturated rings. The number of amides is 1. The molecule has 1 N–H and O–H groups in total. The molecule has 0 unspecified atom stereocenters. The van der Waals surface area contributed by atoms with Crippen LogP contribution in [-0.2, 0) is 0 Å². The van der Waals surface area contributed by atoms with E-state index in [-0.39, 0.29) is 11.7 Å². The van der Waals surface area contributed by atoms with Crippen molar-refractivity contribution in [3.63, 3.8) is 0 Å². The predicted molar refractivity (Wildman–Crippen MR) is 105 cm³/mol. The van der Waals surface area contributed by atoms with E-state index in [1.54, 1.807) is 49.9 Å². The van der Waals surface area contributed by atoms with Crippen LogP contribution in [-0.4, -0.2) is 30.9 Å². The average molecular weight is 382 g/mol. The molecule has 0 saturated carbocycles. The van der Waals surface area contributed by atoms with E-state index in [1.807, 2.05) is 12.1 Å². The van der Waals surface area contributed by atoms with Crippen LogP contribution in [0.3, 0.4) is 0 Å². The third kappa shape index (κ3) is 4.15. The van der Waals surface area contributed by atoms with Crippen molar-refractivity contribution in [3.05, 3.63) is 59.1 Å². The van der Waals surface area contributed by atoms with Crippen molar-refractivity contribution in [1.82, 2.24) is 4.98 Å². The Balaban J connectivity index is 1.77. The first-order valence-corrected chi connectivity index (χ1v) is 9.00. The third-order valence-electron chi connectivity index (χ3n) is 3.92. The van der Waals surface area contributed by atoms with E-state index in [0.717, 1.165) is 5.56 Å². The molecule has 7 heteroatoms. The highest BCUT2D eigenvalue weighted by Gasteiger charge is 2.14. The summed E-state index contributed by atoms with van der Waals surface area (Å²) in [5.74, 6) is 0.895. The highest BCUT2D eigenvalue weighted by atomic mass is 32.1. The number of hydrogen-bond acceptors (Lipinski definition) is 6. The number of carbonyl (C=O) groups is 2. The zero-order valence-electron chi connectivity index (χ0n) is 15.1. The lowest BCUT2D eigenvalue weighted by atomic mass is 10.1. The van der Waals surface area contributed by atoms with Crippen LogP contribution in [0, 0.1) is 0 Å². The van der Waals surface area contributed by atoms with Gasteiger partial charge in [0, 0.05) is 22.2 Å². The number of thiazole rings is 1. The molecule has 0 aliphatic heterocycles. The lowest BCUT2D eigenvalue weighted by Gasteiger charge is -2.08. The van der Waals surface area contributed by atoms with Gasteiger partial charge < -0.3 is 14.8 Å². The predicted octanol–water partition coefficient (Wildman–Crippen LogP) is 4.28. The number of aromatic nitrogens is 1. The van der Waals surface area contributed by atoms with Crippen LogP contribution in [0.5, 0.6) is 11.5 Å². The zero-order chi connectivity index (χ0) is 19.4. The van der Waals surface area contributed by atoms with Crippen LogP contribution in [0.2, 0.25) is 0 Å². The van der Waals surface area contributed by atoms with Gasteiger partial charge in [-0.3, -0.25) is 9.59 Å². The SMILES string of the molecule is COc1ccc(-c2nc(C(=O)Nc3ccc(C(C)=O)cc3)cs2)cc1OC. The number of ether oxygens (including phenoxy) is 2. The number of nitrogens with one attached hydrogen (secondary N) is 1. The first kappa shape index (κ1) is 18.6. The van der Waals surface area contributed by atoms with Gasteiger partial charge in [-0.05, 0) is 49.4 Å². The molecule has 3 aromatic rings. The van der Waals surface area contributed by atoms with Crippen LogP contribution in [0.1, 0.15) is 27.8 Å². The van der Waals surface area contributed by atoms with Gasteiger partial charge in [0.05, 0.1) is 14.2 Å². The van der Waals surface area contributed by atoms with Crippen LogP contribution in [0.15, 0.2) is 47.8 Å². The molecule has 0 spiro atoms. The van der Waals surface area contributed by atoms with Gasteiger partial charge in [-0.15, -0.1) is 11.3 Å². The summed E-state index contributed by atoms with van der Waals surface area (Å²) in [5, 5.41) is 5.18. The van der Waals surface area contributed by atoms with E-state index >= 15 is 0 Å². The summed E-state index contributed by atoms with van der Waals surface area (Å²) < 4.78 is 10.5. The standard InChI is InChI=1S/C20H18N2O4S/c1-12(23)13-4-7-15(8-5-13)21-19(24)16-11-27-20(22-16)14-6-9-17(25-2)18(10-14)26-3/h4-11H,1-3H3,(H,21,24). The second-order valence-corrected chi connectivity index (χ2v) is 6.55. The van der Waals surface area contributed by atoms with E-state index in [0.29, 0.717) is 33.5 Å². The molecule has 0 radical (unpaired) electrons. The smallest absolute Gasteiger partial charge is 0.275 e. The molecule has 1 aromatic heterocycles. The normalized spacial score (nSPS) is 10.3. The van der Waals surface area contributed by atoms with Gasteiger partial charge in [-0.1, -0.05) is 0 Å². The van der Waals surface area contributed by atoms with Crippen molar-refractivity contribution in [2.75, 3.05) is 19.5 Å². The zero-order valence-corrected chi connectivity index (χ0v) is 15.9. The molecule has 138 valence electrons. The Labute approximate surface area is 160 Å². The second-order valence-electron chi connectivity index (χ2n) is 5.70. The summed E-state index contributed by atoms with van der Waals surface area (Å²) in [6.45, 7) is 1.50. The summed E-state index contributed by atoms with van der Waals surface area (Å²) in [7, 11) is 3.14. The number of anilines is 1. The second kappa shape index (κ2) is 8.01. The van der Waals surface area contributed by atoms with Crippen LogP contribution in [0.25, 0.3) is 10.6 Å². The molecule has 0 aliphatic rings. The topological polar surface area (TPSA) is 77.5 Å². The van der Waals surface area contributed by atoms with Gasteiger partial charge in [-0.2, -0.15) is 0 Å². The summed E-state index contributed by atoms with van der Waals surface area (Å²) in [6, 6.07) is 12.2. The first-order chi connectivity index (χ1) is 13.0. The minimum absolute atomic E-state index is 0.0214. The molecule has 0 saturated heterocycles. The lowest BCUT2D eigenvalue weighted by Crippen LogP contribution is -2.12. The van der Waals surface area contributed by atoms with Gasteiger partial charge in [-0.25, -0.2) is 4.98 Å². The van der Waals surface area contributed by atoms with Crippen molar-refractivity contribution in [2.24, 2.45) is 0 Å². The lowest BCUT2D eigenvalue weighted by molar-refractivity contribution is 0.101. The van der Waals surface area contributed by atoms with Gasteiger partial charge in [0.15, 0.2) is 17.3 Å². The van der Waals surface area contributed by atoms with E-state index in [4.69, 9.17) is 9.47 Å². The summed E-state index contributed by atoms with van der Waals surface area (Å²) in [5.41, 5.74) is 2.35.